The number of thiophene rings is 1. The van der Waals surface area contributed by atoms with Crippen molar-refractivity contribution >= 4 is 56.4 Å². The fourth-order valence-corrected chi connectivity index (χ4v) is 3.62. The van der Waals surface area contributed by atoms with Crippen LogP contribution >= 0.6 is 11.3 Å². The molecule has 30 heavy (non-hydrogen) atoms. The third kappa shape index (κ3) is 4.18. The second-order valence-electron chi connectivity index (χ2n) is 6.21. The van der Waals surface area contributed by atoms with Crippen LogP contribution in [-0.2, 0) is 0 Å². The summed E-state index contributed by atoms with van der Waals surface area (Å²) >= 11 is 1.31. The van der Waals surface area contributed by atoms with E-state index in [2.05, 4.69) is 25.9 Å². The molecule has 0 aliphatic rings. The molecule has 0 fully saturated rings. The Bertz CT molecular complexity index is 1220. The highest BCUT2D eigenvalue weighted by atomic mass is 32.1. The number of carbonyl (C=O) groups is 2. The molecule has 8 nitrogen and oxygen atoms in total. The summed E-state index contributed by atoms with van der Waals surface area (Å²) in [6.45, 7) is 0. The van der Waals surface area contributed by atoms with Crippen molar-refractivity contribution in [2.24, 2.45) is 0 Å². The molecular formula is C20H15FN6O2S. The number of nitrogens with two attached hydrogens (primary N) is 1. The number of hydrogen-bond donors (Lipinski definition) is 4. The van der Waals surface area contributed by atoms with Crippen molar-refractivity contribution in [2.45, 2.75) is 0 Å². The van der Waals surface area contributed by atoms with E-state index >= 15 is 0 Å². The molecule has 0 aliphatic heterocycles. The summed E-state index contributed by atoms with van der Waals surface area (Å²) in [5.74, 6) is -0.472. The third-order valence-corrected chi connectivity index (χ3v) is 5.03. The number of amides is 3. The van der Waals surface area contributed by atoms with Gasteiger partial charge in [0.2, 0.25) is 0 Å². The largest absolute Gasteiger partial charge is 0.383 e. The maximum absolute atomic E-state index is 12.9. The van der Waals surface area contributed by atoms with Crippen LogP contribution in [-0.4, -0.2) is 21.9 Å². The molecule has 2 heterocycles. The van der Waals surface area contributed by atoms with E-state index in [0.29, 0.717) is 32.8 Å². The average Bonchev–Trinajstić information content (AvgIpc) is 3.17. The maximum atomic E-state index is 12.9. The summed E-state index contributed by atoms with van der Waals surface area (Å²) in [4.78, 5) is 33.3. The van der Waals surface area contributed by atoms with Crippen LogP contribution < -0.4 is 21.7 Å². The Morgan fingerprint density at radius 2 is 1.43 bits per heavy atom. The first kappa shape index (κ1) is 19.3. The van der Waals surface area contributed by atoms with Crippen LogP contribution in [0, 0.1) is 5.82 Å². The molecule has 0 saturated heterocycles. The number of halogens is 1. The van der Waals surface area contributed by atoms with Crippen LogP contribution in [0.3, 0.4) is 0 Å². The molecule has 150 valence electrons. The van der Waals surface area contributed by atoms with Crippen molar-refractivity contribution in [1.29, 1.82) is 0 Å². The smallest absolute Gasteiger partial charge is 0.323 e. The Morgan fingerprint density at radius 1 is 0.867 bits per heavy atom. The Hall–Kier alpha value is -4.05. The van der Waals surface area contributed by atoms with Gasteiger partial charge in [-0.2, -0.15) is 0 Å². The first-order valence-electron chi connectivity index (χ1n) is 8.72. The normalized spacial score (nSPS) is 10.6. The second kappa shape index (κ2) is 8.13. The van der Waals surface area contributed by atoms with Crippen LogP contribution in [0.5, 0.6) is 0 Å². The minimum atomic E-state index is -0.474. The predicted molar refractivity (Wildman–Crippen MR) is 115 cm³/mol. The van der Waals surface area contributed by atoms with E-state index in [9.17, 15) is 14.0 Å². The molecule has 0 bridgehead atoms. The lowest BCUT2D eigenvalue weighted by atomic mass is 10.2. The molecule has 10 heteroatoms. The summed E-state index contributed by atoms with van der Waals surface area (Å²) in [5.41, 5.74) is 7.79. The summed E-state index contributed by atoms with van der Waals surface area (Å²) in [5, 5.41) is 10.2. The maximum Gasteiger partial charge on any atom is 0.323 e. The van der Waals surface area contributed by atoms with Crippen molar-refractivity contribution in [3.05, 3.63) is 71.6 Å². The minimum absolute atomic E-state index is 0.248. The molecule has 5 N–H and O–H groups in total. The number of rotatable bonds is 4. The highest BCUT2D eigenvalue weighted by molar-refractivity contribution is 7.17. The first-order chi connectivity index (χ1) is 14.5. The van der Waals surface area contributed by atoms with Crippen molar-refractivity contribution in [3.8, 4) is 0 Å². The second-order valence-corrected chi connectivity index (χ2v) is 7.06. The lowest BCUT2D eigenvalue weighted by molar-refractivity contribution is 0.102. The summed E-state index contributed by atoms with van der Waals surface area (Å²) in [7, 11) is 0. The van der Waals surface area contributed by atoms with Gasteiger partial charge in [0.1, 0.15) is 22.8 Å². The molecule has 0 atom stereocenters. The van der Waals surface area contributed by atoms with E-state index in [-0.39, 0.29) is 17.5 Å². The molecule has 3 amide bonds. The fraction of sp³-hybridized carbons (Fsp3) is 0. The lowest BCUT2D eigenvalue weighted by Gasteiger charge is -2.09. The van der Waals surface area contributed by atoms with Crippen LogP contribution in [0.2, 0.25) is 0 Å². The number of nitrogens with zero attached hydrogens (tertiary/aromatic N) is 2. The number of benzene rings is 2. The number of anilines is 4. The van der Waals surface area contributed by atoms with Crippen molar-refractivity contribution in [2.75, 3.05) is 21.7 Å². The SMILES string of the molecule is Nc1ncnc2scc(C(=O)Nc3ccc(NC(=O)Nc4ccc(F)cc4)cc3)c12. The number of hydrogen-bond acceptors (Lipinski definition) is 6. The molecule has 2 aromatic heterocycles. The van der Waals surface area contributed by atoms with E-state index in [1.807, 2.05) is 0 Å². The predicted octanol–water partition coefficient (Wildman–Crippen LogP) is 4.31. The summed E-state index contributed by atoms with van der Waals surface area (Å²) in [6.07, 6.45) is 1.35. The number of urea groups is 1. The van der Waals surface area contributed by atoms with Crippen molar-refractivity contribution in [1.82, 2.24) is 9.97 Å². The molecular weight excluding hydrogens is 407 g/mol. The van der Waals surface area contributed by atoms with E-state index in [1.54, 1.807) is 29.6 Å². The fourth-order valence-electron chi connectivity index (χ4n) is 2.73. The zero-order chi connectivity index (χ0) is 21.1. The highest BCUT2D eigenvalue weighted by Crippen LogP contribution is 2.28. The van der Waals surface area contributed by atoms with Gasteiger partial charge in [-0.05, 0) is 48.5 Å². The monoisotopic (exact) mass is 422 g/mol. The third-order valence-electron chi connectivity index (χ3n) is 4.15. The number of carbonyl (C=O) groups excluding carboxylic acids is 2. The lowest BCUT2D eigenvalue weighted by Crippen LogP contribution is -2.19. The minimum Gasteiger partial charge on any atom is -0.383 e. The number of aromatic nitrogens is 2. The van der Waals surface area contributed by atoms with E-state index in [4.69, 9.17) is 5.73 Å². The molecule has 2 aromatic carbocycles. The van der Waals surface area contributed by atoms with E-state index in [0.717, 1.165) is 0 Å². The van der Waals surface area contributed by atoms with Crippen LogP contribution in [0.25, 0.3) is 10.2 Å². The van der Waals surface area contributed by atoms with Crippen molar-refractivity contribution < 1.29 is 14.0 Å². The molecule has 0 radical (unpaired) electrons. The molecule has 4 aromatic rings. The Labute approximate surface area is 174 Å². The zero-order valence-electron chi connectivity index (χ0n) is 15.3. The first-order valence-corrected chi connectivity index (χ1v) is 9.60. The number of fused-ring (bicyclic) bond motifs is 1. The number of nitrogen functional groups attached to an aromatic ring is 1. The van der Waals surface area contributed by atoms with Gasteiger partial charge in [0, 0.05) is 22.4 Å². The van der Waals surface area contributed by atoms with Gasteiger partial charge in [0.15, 0.2) is 0 Å². The van der Waals surface area contributed by atoms with E-state index in [1.165, 1.54) is 41.9 Å². The average molecular weight is 422 g/mol. The van der Waals surface area contributed by atoms with Crippen LogP contribution in [0.4, 0.5) is 32.1 Å². The van der Waals surface area contributed by atoms with E-state index < -0.39 is 6.03 Å². The van der Waals surface area contributed by atoms with Gasteiger partial charge in [0.25, 0.3) is 5.91 Å². The Kier molecular flexibility index (Phi) is 5.22. The van der Waals surface area contributed by atoms with Crippen LogP contribution in [0.1, 0.15) is 10.4 Å². The molecule has 0 saturated carbocycles. The van der Waals surface area contributed by atoms with Gasteiger partial charge in [-0.1, -0.05) is 0 Å². The topological polar surface area (TPSA) is 122 Å². The van der Waals surface area contributed by atoms with Gasteiger partial charge in [-0.3, -0.25) is 4.79 Å². The standard InChI is InChI=1S/C20H15FN6O2S/c21-11-1-3-13(4-2-11)26-20(29)27-14-7-5-12(6-8-14)25-18(28)15-9-30-19-16(15)17(22)23-10-24-19/h1-10H,(H,25,28)(H2,22,23,24)(H2,26,27,29). The van der Waals surface area contributed by atoms with Gasteiger partial charge >= 0.3 is 6.03 Å². The van der Waals surface area contributed by atoms with Gasteiger partial charge < -0.3 is 21.7 Å². The van der Waals surface area contributed by atoms with Gasteiger partial charge in [0.05, 0.1) is 10.9 Å². The summed E-state index contributed by atoms with van der Waals surface area (Å²) in [6, 6.07) is 11.5. The van der Waals surface area contributed by atoms with Gasteiger partial charge in [-0.25, -0.2) is 19.2 Å². The molecule has 0 unspecified atom stereocenters. The zero-order valence-corrected chi connectivity index (χ0v) is 16.2. The highest BCUT2D eigenvalue weighted by Gasteiger charge is 2.16. The Morgan fingerprint density at radius 3 is 2.07 bits per heavy atom. The summed E-state index contributed by atoms with van der Waals surface area (Å²) < 4.78 is 12.9. The van der Waals surface area contributed by atoms with Crippen LogP contribution in [0.15, 0.2) is 60.2 Å². The Balaban J connectivity index is 1.40. The quantitative estimate of drug-likeness (QED) is 0.390. The van der Waals surface area contributed by atoms with Gasteiger partial charge in [-0.15, -0.1) is 11.3 Å². The number of nitrogens with one attached hydrogen (secondary N) is 3. The molecule has 0 aliphatic carbocycles. The van der Waals surface area contributed by atoms with Crippen molar-refractivity contribution in [3.63, 3.8) is 0 Å². The molecule has 4 rings (SSSR count). The molecule has 0 spiro atoms.